The van der Waals surface area contributed by atoms with Crippen LogP contribution in [0.15, 0.2) is 0 Å². The van der Waals surface area contributed by atoms with E-state index in [9.17, 15) is 9.18 Å². The predicted octanol–water partition coefficient (Wildman–Crippen LogP) is 3.20. The third kappa shape index (κ3) is 8.73. The van der Waals surface area contributed by atoms with E-state index in [1.807, 2.05) is 13.8 Å². The van der Waals surface area contributed by atoms with Crippen LogP contribution in [-0.2, 0) is 9.53 Å². The van der Waals surface area contributed by atoms with Crippen LogP contribution in [0.5, 0.6) is 0 Å². The molecule has 0 fully saturated rings. The molecule has 0 aromatic carbocycles. The van der Waals surface area contributed by atoms with E-state index in [1.54, 1.807) is 11.8 Å². The Morgan fingerprint density at radius 3 is 2.73 bits per heavy atom. The summed E-state index contributed by atoms with van der Waals surface area (Å²) in [5.74, 6) is 0.773. The second kappa shape index (κ2) is 10.3. The van der Waals surface area contributed by atoms with Crippen molar-refractivity contribution in [1.82, 2.24) is 0 Å². The Morgan fingerprint density at radius 2 is 2.13 bits per heavy atom. The number of rotatable bonds is 9. The van der Waals surface area contributed by atoms with Crippen molar-refractivity contribution in [2.24, 2.45) is 0 Å². The lowest BCUT2D eigenvalue weighted by molar-refractivity contribution is -0.142. The van der Waals surface area contributed by atoms with Crippen LogP contribution in [0.3, 0.4) is 0 Å². The number of carbonyl (C=O) groups excluding carboxylic acids is 1. The van der Waals surface area contributed by atoms with Gasteiger partial charge in [-0.05, 0) is 31.9 Å². The minimum absolute atomic E-state index is 0.0954. The molecule has 0 aromatic rings. The molecule has 0 saturated carbocycles. The molecular weight excluding hydrogens is 215 g/mol. The minimum Gasteiger partial charge on any atom is -0.465 e. The zero-order chi connectivity index (χ0) is 11.5. The third-order valence-corrected chi connectivity index (χ3v) is 3.14. The summed E-state index contributed by atoms with van der Waals surface area (Å²) >= 11 is 1.59. The van der Waals surface area contributed by atoms with Crippen LogP contribution in [0.25, 0.3) is 0 Å². The molecule has 0 rings (SSSR count). The average molecular weight is 236 g/mol. The molecule has 2 nitrogen and oxygen atoms in total. The second-order valence-electron chi connectivity index (χ2n) is 3.43. The number of hydrogen-bond donors (Lipinski definition) is 0. The van der Waals surface area contributed by atoms with E-state index < -0.39 is 0 Å². The first-order valence-corrected chi connectivity index (χ1v) is 6.61. The van der Waals surface area contributed by atoms with Crippen LogP contribution >= 0.6 is 11.8 Å². The second-order valence-corrected chi connectivity index (χ2v) is 4.88. The van der Waals surface area contributed by atoms with E-state index >= 15 is 0 Å². The largest absolute Gasteiger partial charge is 0.465 e. The van der Waals surface area contributed by atoms with Gasteiger partial charge in [0.25, 0.3) is 0 Å². The van der Waals surface area contributed by atoms with Crippen LogP contribution in [-0.4, -0.2) is 30.3 Å². The molecule has 0 spiro atoms. The molecule has 0 heterocycles. The molecule has 15 heavy (non-hydrogen) atoms. The molecule has 1 unspecified atom stereocenters. The van der Waals surface area contributed by atoms with E-state index in [4.69, 9.17) is 4.74 Å². The summed E-state index contributed by atoms with van der Waals surface area (Å²) < 4.78 is 16.8. The summed E-state index contributed by atoms with van der Waals surface area (Å²) in [6.07, 6.45) is 3.37. The van der Waals surface area contributed by atoms with Crippen molar-refractivity contribution in [3.63, 3.8) is 0 Å². The highest BCUT2D eigenvalue weighted by molar-refractivity contribution is 8.00. The first kappa shape index (κ1) is 14.8. The van der Waals surface area contributed by atoms with E-state index in [2.05, 4.69) is 0 Å². The molecule has 0 aliphatic rings. The van der Waals surface area contributed by atoms with Gasteiger partial charge >= 0.3 is 5.97 Å². The number of hydrogen-bond acceptors (Lipinski definition) is 3. The van der Waals surface area contributed by atoms with Gasteiger partial charge in [-0.1, -0.05) is 13.3 Å². The lowest BCUT2D eigenvalue weighted by Gasteiger charge is -2.10. The van der Waals surface area contributed by atoms with E-state index in [0.717, 1.165) is 25.0 Å². The van der Waals surface area contributed by atoms with Crippen molar-refractivity contribution in [2.75, 3.05) is 19.0 Å². The molecular formula is C11H21FO2S. The number of halogens is 1. The topological polar surface area (TPSA) is 26.3 Å². The summed E-state index contributed by atoms with van der Waals surface area (Å²) in [7, 11) is 0. The number of alkyl halides is 1. The van der Waals surface area contributed by atoms with Crippen LogP contribution in [0.1, 0.15) is 39.5 Å². The van der Waals surface area contributed by atoms with Gasteiger partial charge in [-0.25, -0.2) is 0 Å². The summed E-state index contributed by atoms with van der Waals surface area (Å²) in [5, 5.41) is -0.0954. The van der Waals surface area contributed by atoms with Gasteiger partial charge in [0.1, 0.15) is 0 Å². The summed E-state index contributed by atoms with van der Waals surface area (Å²) in [4.78, 5) is 11.3. The molecule has 0 aliphatic carbocycles. The van der Waals surface area contributed by atoms with Crippen LogP contribution in [0.4, 0.5) is 4.39 Å². The Hall–Kier alpha value is -0.250. The molecule has 0 aromatic heterocycles. The normalized spacial score (nSPS) is 12.5. The summed E-state index contributed by atoms with van der Waals surface area (Å²) in [6.45, 7) is 4.10. The van der Waals surface area contributed by atoms with Gasteiger partial charge in [-0.15, -0.1) is 11.8 Å². The van der Waals surface area contributed by atoms with Crippen LogP contribution in [0, 0.1) is 0 Å². The lowest BCUT2D eigenvalue weighted by atomic mass is 10.3. The quantitative estimate of drug-likeness (QED) is 0.454. The van der Waals surface area contributed by atoms with Gasteiger partial charge in [0.15, 0.2) is 0 Å². The fourth-order valence-electron chi connectivity index (χ4n) is 1.02. The van der Waals surface area contributed by atoms with Gasteiger partial charge in [0.05, 0.1) is 18.5 Å². The number of esters is 1. The van der Waals surface area contributed by atoms with Gasteiger partial charge in [0, 0.05) is 0 Å². The van der Waals surface area contributed by atoms with Crippen molar-refractivity contribution >= 4 is 17.7 Å². The van der Waals surface area contributed by atoms with Crippen molar-refractivity contribution in [2.45, 2.75) is 44.8 Å². The van der Waals surface area contributed by atoms with Crippen molar-refractivity contribution < 1.29 is 13.9 Å². The van der Waals surface area contributed by atoms with E-state index in [-0.39, 0.29) is 17.9 Å². The standard InChI is InChI=1S/C11H21FO2S/c1-3-8-14-11(13)10(2)15-9-6-4-5-7-12/h10H,3-9H2,1-2H3. The molecule has 90 valence electrons. The highest BCUT2D eigenvalue weighted by Gasteiger charge is 2.13. The summed E-state index contributed by atoms with van der Waals surface area (Å²) in [5.41, 5.74) is 0. The number of unbranched alkanes of at least 4 members (excludes halogenated alkanes) is 2. The zero-order valence-corrected chi connectivity index (χ0v) is 10.4. The number of carbonyl (C=O) groups is 1. The SMILES string of the molecule is CCCOC(=O)C(C)SCCCCCF. The van der Waals surface area contributed by atoms with Crippen LogP contribution in [0.2, 0.25) is 0 Å². The average Bonchev–Trinajstić information content (AvgIpc) is 2.25. The summed E-state index contributed by atoms with van der Waals surface area (Å²) in [6, 6.07) is 0. The molecule has 4 heteroatoms. The van der Waals surface area contributed by atoms with E-state index in [1.165, 1.54) is 0 Å². The predicted molar refractivity (Wildman–Crippen MR) is 63.0 cm³/mol. The van der Waals surface area contributed by atoms with Crippen LogP contribution < -0.4 is 0 Å². The molecule has 0 bridgehead atoms. The molecule has 0 aliphatic heterocycles. The first-order valence-electron chi connectivity index (χ1n) is 5.56. The Morgan fingerprint density at radius 1 is 1.40 bits per heavy atom. The smallest absolute Gasteiger partial charge is 0.318 e. The highest BCUT2D eigenvalue weighted by atomic mass is 32.2. The number of thioether (sulfide) groups is 1. The Balaban J connectivity index is 3.38. The zero-order valence-electron chi connectivity index (χ0n) is 9.63. The van der Waals surface area contributed by atoms with Crippen molar-refractivity contribution in [3.8, 4) is 0 Å². The Bertz CT molecular complexity index is 165. The van der Waals surface area contributed by atoms with Gasteiger partial charge in [-0.2, -0.15) is 0 Å². The molecule has 0 radical (unpaired) electrons. The third-order valence-electron chi connectivity index (χ3n) is 1.93. The maximum atomic E-state index is 11.8. The molecule has 0 saturated heterocycles. The molecule has 1 atom stereocenters. The first-order chi connectivity index (χ1) is 7.22. The van der Waals surface area contributed by atoms with Gasteiger partial charge in [-0.3, -0.25) is 9.18 Å². The fourth-order valence-corrected chi connectivity index (χ4v) is 1.95. The van der Waals surface area contributed by atoms with Gasteiger partial charge < -0.3 is 4.74 Å². The fraction of sp³-hybridized carbons (Fsp3) is 0.909. The van der Waals surface area contributed by atoms with Gasteiger partial charge in [0.2, 0.25) is 0 Å². The maximum Gasteiger partial charge on any atom is 0.318 e. The highest BCUT2D eigenvalue weighted by Crippen LogP contribution is 2.14. The number of ether oxygens (including phenoxy) is 1. The Kier molecular flexibility index (Phi) is 10.1. The Labute approximate surface area is 96.0 Å². The lowest BCUT2D eigenvalue weighted by Crippen LogP contribution is -2.17. The van der Waals surface area contributed by atoms with Crippen molar-refractivity contribution in [1.29, 1.82) is 0 Å². The maximum absolute atomic E-state index is 11.8. The minimum atomic E-state index is -0.237. The molecule has 0 N–H and O–H groups in total. The van der Waals surface area contributed by atoms with Crippen molar-refractivity contribution in [3.05, 3.63) is 0 Å². The van der Waals surface area contributed by atoms with E-state index in [0.29, 0.717) is 13.0 Å². The monoisotopic (exact) mass is 236 g/mol. The molecule has 0 amide bonds.